The first-order valence-corrected chi connectivity index (χ1v) is 9.66. The molecule has 4 saturated carbocycles. The Kier molecular flexibility index (Phi) is 4.07. The topological polar surface area (TPSA) is 41.6 Å². The molecule has 1 heterocycles. The molecule has 1 saturated heterocycles. The van der Waals surface area contributed by atoms with Gasteiger partial charge in [-0.15, -0.1) is 0 Å². The highest BCUT2D eigenvalue weighted by atomic mass is 16.5. The number of nitrogens with one attached hydrogen (secondary N) is 1. The van der Waals surface area contributed by atoms with Gasteiger partial charge in [0.15, 0.2) is 0 Å². The Bertz CT molecular complexity index is 423. The van der Waals surface area contributed by atoms with E-state index in [2.05, 4.69) is 12.2 Å². The van der Waals surface area contributed by atoms with Gasteiger partial charge in [0.25, 0.3) is 0 Å². The third-order valence-electron chi connectivity index (χ3n) is 6.96. The van der Waals surface area contributed by atoms with Gasteiger partial charge >= 0.3 is 6.03 Å². The number of hydrogen-bond donors (Lipinski definition) is 1. The van der Waals surface area contributed by atoms with Crippen molar-refractivity contribution in [1.29, 1.82) is 0 Å². The van der Waals surface area contributed by atoms with Crippen LogP contribution in [-0.4, -0.2) is 43.3 Å². The Balaban J connectivity index is 1.34. The molecule has 0 aromatic rings. The summed E-state index contributed by atoms with van der Waals surface area (Å²) in [4.78, 5) is 14.6. The van der Waals surface area contributed by atoms with Gasteiger partial charge in [-0.1, -0.05) is 0 Å². The molecule has 0 aromatic heterocycles. The van der Waals surface area contributed by atoms with Crippen LogP contribution in [0.15, 0.2) is 0 Å². The summed E-state index contributed by atoms with van der Waals surface area (Å²) in [5.74, 6) is 2.84. The number of rotatable bonds is 4. The van der Waals surface area contributed by atoms with Crippen molar-refractivity contribution in [3.63, 3.8) is 0 Å². The van der Waals surface area contributed by atoms with E-state index in [0.29, 0.717) is 5.41 Å². The Hall–Kier alpha value is -0.770. The summed E-state index contributed by atoms with van der Waals surface area (Å²) < 4.78 is 5.70. The molecule has 23 heavy (non-hydrogen) atoms. The van der Waals surface area contributed by atoms with Crippen LogP contribution in [0.2, 0.25) is 0 Å². The fraction of sp³-hybridized carbons (Fsp3) is 0.947. The van der Waals surface area contributed by atoms with Gasteiger partial charge in [-0.05, 0) is 81.5 Å². The second-order valence-electron chi connectivity index (χ2n) is 9.06. The van der Waals surface area contributed by atoms with Crippen LogP contribution in [0.3, 0.4) is 0 Å². The van der Waals surface area contributed by atoms with Gasteiger partial charge < -0.3 is 15.0 Å². The lowest BCUT2D eigenvalue weighted by Gasteiger charge is -2.57. The van der Waals surface area contributed by atoms with Crippen molar-refractivity contribution in [2.45, 2.75) is 70.4 Å². The van der Waals surface area contributed by atoms with Gasteiger partial charge in [-0.2, -0.15) is 0 Å². The molecule has 4 bridgehead atoms. The van der Waals surface area contributed by atoms with Crippen LogP contribution < -0.4 is 5.32 Å². The second-order valence-corrected chi connectivity index (χ2v) is 9.06. The largest absolute Gasteiger partial charge is 0.376 e. The third kappa shape index (κ3) is 3.11. The molecule has 2 amide bonds. The Labute approximate surface area is 140 Å². The molecular formula is C19H32N2O2. The van der Waals surface area contributed by atoms with Gasteiger partial charge in [0.2, 0.25) is 0 Å². The Morgan fingerprint density at radius 2 is 1.83 bits per heavy atom. The molecule has 5 rings (SSSR count). The van der Waals surface area contributed by atoms with Crippen LogP contribution >= 0.6 is 0 Å². The molecule has 0 spiro atoms. The van der Waals surface area contributed by atoms with Crippen molar-refractivity contribution in [3.05, 3.63) is 0 Å². The third-order valence-corrected chi connectivity index (χ3v) is 6.96. The van der Waals surface area contributed by atoms with Crippen LogP contribution in [-0.2, 0) is 4.74 Å². The van der Waals surface area contributed by atoms with Gasteiger partial charge in [0.05, 0.1) is 12.1 Å². The number of hydrogen-bond acceptors (Lipinski definition) is 2. The van der Waals surface area contributed by atoms with Crippen LogP contribution in [0, 0.1) is 23.2 Å². The van der Waals surface area contributed by atoms with Gasteiger partial charge in [-0.3, -0.25) is 0 Å². The lowest BCUT2D eigenvalue weighted by atomic mass is 9.49. The molecule has 0 aromatic carbocycles. The minimum atomic E-state index is 0.0868. The highest BCUT2D eigenvalue weighted by Gasteiger charge is 2.51. The molecule has 5 fully saturated rings. The van der Waals surface area contributed by atoms with Gasteiger partial charge in [-0.25, -0.2) is 4.79 Å². The van der Waals surface area contributed by atoms with Crippen LogP contribution in [0.4, 0.5) is 4.79 Å². The van der Waals surface area contributed by atoms with E-state index in [9.17, 15) is 4.79 Å². The SMILES string of the molecule is C[C@@H](NC(=O)N(C)CC12CC3CC(CC(C3)C1)C2)[C@@H]1CCCO1. The van der Waals surface area contributed by atoms with Crippen molar-refractivity contribution in [2.24, 2.45) is 23.2 Å². The predicted molar refractivity (Wildman–Crippen MR) is 90.2 cm³/mol. The van der Waals surface area contributed by atoms with E-state index in [0.717, 1.165) is 43.7 Å². The highest BCUT2D eigenvalue weighted by molar-refractivity contribution is 5.74. The zero-order chi connectivity index (χ0) is 16.0. The standard InChI is InChI=1S/C19H32N2O2/c1-13(17-4-3-5-23-17)20-18(22)21(2)12-19-9-14-6-15(10-19)8-16(7-14)11-19/h13-17H,3-12H2,1-2H3,(H,20,22)/t13-,14?,15?,16?,17+,19?/m1/s1. The summed E-state index contributed by atoms with van der Waals surface area (Å²) in [7, 11) is 1.98. The minimum Gasteiger partial charge on any atom is -0.376 e. The second kappa shape index (κ2) is 5.94. The summed E-state index contributed by atoms with van der Waals surface area (Å²) in [6.07, 6.45) is 10.9. The summed E-state index contributed by atoms with van der Waals surface area (Å²) in [6.45, 7) is 3.86. The molecule has 0 radical (unpaired) electrons. The molecule has 4 aliphatic carbocycles. The Morgan fingerprint density at radius 1 is 1.22 bits per heavy atom. The van der Waals surface area contributed by atoms with E-state index in [1.807, 2.05) is 11.9 Å². The highest BCUT2D eigenvalue weighted by Crippen LogP contribution is 2.60. The average Bonchev–Trinajstić information content (AvgIpc) is 2.99. The van der Waals surface area contributed by atoms with Crippen LogP contribution in [0.5, 0.6) is 0 Å². The summed E-state index contributed by atoms with van der Waals surface area (Å²) in [6, 6.07) is 0.201. The molecule has 4 heteroatoms. The first kappa shape index (κ1) is 15.7. The van der Waals surface area contributed by atoms with Gasteiger partial charge in [0, 0.05) is 20.2 Å². The van der Waals surface area contributed by atoms with E-state index in [1.165, 1.54) is 38.5 Å². The minimum absolute atomic E-state index is 0.0868. The quantitative estimate of drug-likeness (QED) is 0.862. The lowest BCUT2D eigenvalue weighted by molar-refractivity contribution is -0.0618. The maximum Gasteiger partial charge on any atom is 0.317 e. The Morgan fingerprint density at radius 3 is 2.35 bits per heavy atom. The number of ether oxygens (including phenoxy) is 1. The smallest absolute Gasteiger partial charge is 0.317 e. The lowest BCUT2D eigenvalue weighted by Crippen LogP contribution is -2.54. The zero-order valence-corrected chi connectivity index (χ0v) is 14.7. The van der Waals surface area contributed by atoms with Crippen molar-refractivity contribution < 1.29 is 9.53 Å². The number of amides is 2. The number of carbonyl (C=O) groups is 1. The van der Waals surface area contributed by atoms with E-state index in [4.69, 9.17) is 4.74 Å². The van der Waals surface area contributed by atoms with Gasteiger partial charge in [0.1, 0.15) is 0 Å². The maximum absolute atomic E-state index is 12.6. The van der Waals surface area contributed by atoms with Crippen LogP contribution in [0.1, 0.15) is 58.3 Å². The number of carbonyl (C=O) groups excluding carboxylic acids is 1. The van der Waals surface area contributed by atoms with E-state index >= 15 is 0 Å². The normalized spacial score (nSPS) is 42.7. The predicted octanol–water partition coefficient (Wildman–Crippen LogP) is 3.41. The molecule has 5 aliphatic rings. The summed E-state index contributed by atoms with van der Waals surface area (Å²) in [5.41, 5.74) is 0.425. The summed E-state index contributed by atoms with van der Waals surface area (Å²) in [5, 5.41) is 3.17. The number of urea groups is 1. The van der Waals surface area contributed by atoms with Crippen molar-refractivity contribution in [2.75, 3.05) is 20.2 Å². The molecular weight excluding hydrogens is 288 g/mol. The first-order chi connectivity index (χ1) is 11.0. The fourth-order valence-corrected chi connectivity index (χ4v) is 6.45. The summed E-state index contributed by atoms with van der Waals surface area (Å²) >= 11 is 0. The van der Waals surface area contributed by atoms with Crippen molar-refractivity contribution >= 4 is 6.03 Å². The van der Waals surface area contributed by atoms with Crippen molar-refractivity contribution in [1.82, 2.24) is 10.2 Å². The molecule has 2 atom stereocenters. The maximum atomic E-state index is 12.6. The monoisotopic (exact) mass is 320 g/mol. The van der Waals surface area contributed by atoms with E-state index in [-0.39, 0.29) is 18.2 Å². The molecule has 1 aliphatic heterocycles. The zero-order valence-electron chi connectivity index (χ0n) is 14.7. The molecule has 130 valence electrons. The van der Waals surface area contributed by atoms with Crippen LogP contribution in [0.25, 0.3) is 0 Å². The molecule has 1 N–H and O–H groups in total. The first-order valence-electron chi connectivity index (χ1n) is 9.66. The van der Waals surface area contributed by atoms with E-state index in [1.54, 1.807) is 0 Å². The average molecular weight is 320 g/mol. The number of nitrogens with zero attached hydrogens (tertiary/aromatic N) is 1. The van der Waals surface area contributed by atoms with E-state index < -0.39 is 0 Å². The fourth-order valence-electron chi connectivity index (χ4n) is 6.45. The molecule has 4 nitrogen and oxygen atoms in total. The molecule has 0 unspecified atom stereocenters. The van der Waals surface area contributed by atoms with Crippen molar-refractivity contribution in [3.8, 4) is 0 Å².